The van der Waals surface area contributed by atoms with Gasteiger partial charge in [0.1, 0.15) is 0 Å². The van der Waals surface area contributed by atoms with E-state index in [1.165, 1.54) is 6.92 Å². The predicted octanol–water partition coefficient (Wildman–Crippen LogP) is 2.47. The molecule has 0 amide bonds. The number of rotatable bonds is 3. The second-order valence-corrected chi connectivity index (χ2v) is 6.83. The summed E-state index contributed by atoms with van der Waals surface area (Å²) in [7, 11) is -3.81. The van der Waals surface area contributed by atoms with Gasteiger partial charge in [-0.1, -0.05) is 0 Å². The first kappa shape index (κ1) is 19.2. The lowest BCUT2D eigenvalue weighted by atomic mass is 10.1. The molecule has 1 aromatic carbocycles. The number of hydrogen-bond donors (Lipinski definition) is 2. The van der Waals surface area contributed by atoms with Gasteiger partial charge in [-0.05, 0) is 50.1 Å². The second-order valence-electron chi connectivity index (χ2n) is 5.14. The Morgan fingerprint density at radius 3 is 2.50 bits per heavy atom. The van der Waals surface area contributed by atoms with Crippen LogP contribution in [0.25, 0.3) is 0 Å². The van der Waals surface area contributed by atoms with E-state index in [0.717, 1.165) is 31.2 Å². The maximum absolute atomic E-state index is 12.6. The Bertz CT molecular complexity index is 614. The minimum Gasteiger partial charge on any atom is -0.315 e. The zero-order valence-corrected chi connectivity index (χ0v) is 13.5. The summed E-state index contributed by atoms with van der Waals surface area (Å²) in [5.74, 6) is 0. The Balaban J connectivity index is 0.00000242. The van der Waals surface area contributed by atoms with Gasteiger partial charge in [0.05, 0.1) is 10.5 Å². The van der Waals surface area contributed by atoms with Crippen molar-refractivity contribution in [1.82, 2.24) is 10.0 Å². The third kappa shape index (κ3) is 4.58. The van der Waals surface area contributed by atoms with Crippen LogP contribution in [0.5, 0.6) is 0 Å². The number of piperidine rings is 1. The Hall–Kier alpha value is -0.830. The SMILES string of the molecule is Cc1cc(C(F)(F)F)ccc1S(=O)(=O)N[C@H]1CCCNC1.Cl. The number of nitrogens with one attached hydrogen (secondary N) is 2. The quantitative estimate of drug-likeness (QED) is 0.872. The molecule has 1 fully saturated rings. The molecule has 2 rings (SSSR count). The molecular weight excluding hydrogens is 341 g/mol. The minimum absolute atomic E-state index is 0. The third-order valence-electron chi connectivity index (χ3n) is 3.41. The number of halogens is 4. The van der Waals surface area contributed by atoms with Crippen LogP contribution in [0, 0.1) is 6.92 Å². The number of benzene rings is 1. The molecule has 126 valence electrons. The summed E-state index contributed by atoms with van der Waals surface area (Å²) in [5, 5.41) is 3.08. The standard InChI is InChI=1S/C13H17F3N2O2S.ClH/c1-9-7-10(13(14,15)16)4-5-12(9)21(19,20)18-11-3-2-6-17-8-11;/h4-5,7,11,17-18H,2-3,6,8H2,1H3;1H/t11-;/m0./s1. The molecule has 0 unspecified atom stereocenters. The van der Waals surface area contributed by atoms with E-state index in [2.05, 4.69) is 10.0 Å². The van der Waals surface area contributed by atoms with E-state index in [1.807, 2.05) is 0 Å². The molecule has 1 atom stereocenters. The van der Waals surface area contributed by atoms with Gasteiger partial charge in [-0.15, -0.1) is 12.4 Å². The molecule has 22 heavy (non-hydrogen) atoms. The zero-order valence-electron chi connectivity index (χ0n) is 11.9. The highest BCUT2D eigenvalue weighted by Crippen LogP contribution is 2.31. The van der Waals surface area contributed by atoms with Crippen molar-refractivity contribution in [3.8, 4) is 0 Å². The van der Waals surface area contributed by atoms with E-state index in [-0.39, 0.29) is 28.9 Å². The van der Waals surface area contributed by atoms with Crippen molar-refractivity contribution in [2.75, 3.05) is 13.1 Å². The number of alkyl halides is 3. The van der Waals surface area contributed by atoms with Crippen LogP contribution in [0.3, 0.4) is 0 Å². The molecule has 1 saturated heterocycles. The van der Waals surface area contributed by atoms with Gasteiger partial charge in [-0.25, -0.2) is 13.1 Å². The fourth-order valence-electron chi connectivity index (χ4n) is 2.36. The van der Waals surface area contributed by atoms with Gasteiger partial charge in [0.15, 0.2) is 0 Å². The highest BCUT2D eigenvalue weighted by atomic mass is 35.5. The average Bonchev–Trinajstić information content (AvgIpc) is 2.37. The topological polar surface area (TPSA) is 58.2 Å². The molecule has 0 aliphatic carbocycles. The van der Waals surface area contributed by atoms with E-state index >= 15 is 0 Å². The molecule has 1 aliphatic rings. The van der Waals surface area contributed by atoms with Gasteiger partial charge in [0, 0.05) is 12.6 Å². The Kier molecular flexibility index (Phi) is 6.26. The Morgan fingerprint density at radius 1 is 1.32 bits per heavy atom. The van der Waals surface area contributed by atoms with Crippen LogP contribution in [0.1, 0.15) is 24.0 Å². The lowest BCUT2D eigenvalue weighted by Gasteiger charge is -2.24. The summed E-state index contributed by atoms with van der Waals surface area (Å²) >= 11 is 0. The minimum atomic E-state index is -4.48. The van der Waals surface area contributed by atoms with Gasteiger partial charge >= 0.3 is 6.18 Å². The molecule has 0 bridgehead atoms. The summed E-state index contributed by atoms with van der Waals surface area (Å²) in [6, 6.07) is 2.43. The van der Waals surface area contributed by atoms with E-state index in [9.17, 15) is 21.6 Å². The molecule has 0 aromatic heterocycles. The normalized spacial score (nSPS) is 19.5. The first-order valence-electron chi connectivity index (χ1n) is 6.61. The largest absolute Gasteiger partial charge is 0.416 e. The fourth-order valence-corrected chi connectivity index (χ4v) is 3.86. The molecule has 9 heteroatoms. The van der Waals surface area contributed by atoms with Crippen LogP contribution in [-0.4, -0.2) is 27.5 Å². The van der Waals surface area contributed by atoms with Crippen molar-refractivity contribution >= 4 is 22.4 Å². The smallest absolute Gasteiger partial charge is 0.315 e. The molecule has 0 spiro atoms. The Morgan fingerprint density at radius 2 is 2.00 bits per heavy atom. The highest BCUT2D eigenvalue weighted by Gasteiger charge is 2.32. The van der Waals surface area contributed by atoms with E-state index in [1.54, 1.807) is 0 Å². The first-order valence-corrected chi connectivity index (χ1v) is 8.09. The van der Waals surface area contributed by atoms with Crippen LogP contribution in [0.2, 0.25) is 0 Å². The Labute approximate surface area is 133 Å². The number of sulfonamides is 1. The van der Waals surface area contributed by atoms with E-state index < -0.39 is 21.8 Å². The van der Waals surface area contributed by atoms with E-state index in [4.69, 9.17) is 0 Å². The average molecular weight is 359 g/mol. The van der Waals surface area contributed by atoms with Gasteiger partial charge < -0.3 is 5.32 Å². The number of aryl methyl sites for hydroxylation is 1. The maximum Gasteiger partial charge on any atom is 0.416 e. The fraction of sp³-hybridized carbons (Fsp3) is 0.538. The summed E-state index contributed by atoms with van der Waals surface area (Å²) in [6.07, 6.45) is -2.90. The van der Waals surface area contributed by atoms with Crippen LogP contribution >= 0.6 is 12.4 Å². The van der Waals surface area contributed by atoms with Crippen molar-refractivity contribution in [2.45, 2.75) is 36.9 Å². The van der Waals surface area contributed by atoms with Crippen LogP contribution in [-0.2, 0) is 16.2 Å². The summed E-state index contributed by atoms with van der Waals surface area (Å²) in [6.45, 7) is 2.74. The van der Waals surface area contributed by atoms with Gasteiger partial charge in [0.25, 0.3) is 0 Å². The maximum atomic E-state index is 12.6. The summed E-state index contributed by atoms with van der Waals surface area (Å²) < 4.78 is 64.8. The second kappa shape index (κ2) is 7.16. The first-order chi connectivity index (χ1) is 9.70. The van der Waals surface area contributed by atoms with Crippen molar-refractivity contribution in [1.29, 1.82) is 0 Å². The molecule has 0 radical (unpaired) electrons. The van der Waals surface area contributed by atoms with E-state index in [0.29, 0.717) is 13.0 Å². The zero-order chi connectivity index (χ0) is 15.7. The lowest BCUT2D eigenvalue weighted by Crippen LogP contribution is -2.45. The molecule has 1 aliphatic heterocycles. The number of hydrogen-bond acceptors (Lipinski definition) is 3. The van der Waals surface area contributed by atoms with Gasteiger partial charge in [-0.3, -0.25) is 0 Å². The van der Waals surface area contributed by atoms with Crippen LogP contribution in [0.15, 0.2) is 23.1 Å². The van der Waals surface area contributed by atoms with Gasteiger partial charge in [0.2, 0.25) is 10.0 Å². The monoisotopic (exact) mass is 358 g/mol. The van der Waals surface area contributed by atoms with Crippen molar-refractivity contribution in [3.63, 3.8) is 0 Å². The van der Waals surface area contributed by atoms with Crippen molar-refractivity contribution in [2.24, 2.45) is 0 Å². The molecule has 4 nitrogen and oxygen atoms in total. The predicted molar refractivity (Wildman–Crippen MR) is 79.6 cm³/mol. The van der Waals surface area contributed by atoms with Crippen LogP contribution in [0.4, 0.5) is 13.2 Å². The molecular formula is C13H18ClF3N2O2S. The molecule has 1 aromatic rings. The molecule has 0 saturated carbocycles. The summed E-state index contributed by atoms with van der Waals surface area (Å²) in [5.41, 5.74) is -0.764. The van der Waals surface area contributed by atoms with Crippen molar-refractivity contribution < 1.29 is 21.6 Å². The highest BCUT2D eigenvalue weighted by molar-refractivity contribution is 7.89. The van der Waals surface area contributed by atoms with Gasteiger partial charge in [-0.2, -0.15) is 13.2 Å². The van der Waals surface area contributed by atoms with Crippen LogP contribution < -0.4 is 10.0 Å². The molecule has 2 N–H and O–H groups in total. The third-order valence-corrected chi connectivity index (χ3v) is 5.09. The molecule has 1 heterocycles. The van der Waals surface area contributed by atoms with Crippen molar-refractivity contribution in [3.05, 3.63) is 29.3 Å². The lowest BCUT2D eigenvalue weighted by molar-refractivity contribution is -0.137. The summed E-state index contributed by atoms with van der Waals surface area (Å²) in [4.78, 5) is -0.110.